The maximum atomic E-state index is 10.1. The largest absolute Gasteiger partial charge is 0.481 e. The third-order valence-corrected chi connectivity index (χ3v) is 2.92. The predicted molar refractivity (Wildman–Crippen MR) is 96.8 cm³/mol. The van der Waals surface area contributed by atoms with Gasteiger partial charge < -0.3 is 41.1 Å². The predicted octanol–water partition coefficient (Wildman–Crippen LogP) is -1.77. The minimum Gasteiger partial charge on any atom is -0.481 e. The maximum absolute atomic E-state index is 10.1. The van der Waals surface area contributed by atoms with E-state index in [0.29, 0.717) is 0 Å². The average Bonchev–Trinajstić information content (AvgIpc) is 3.15. The molecule has 3 atom stereocenters. The number of hydrogen-bond acceptors (Lipinski definition) is 9. The van der Waals surface area contributed by atoms with E-state index in [9.17, 15) is 28.8 Å². The number of ketones is 1. The fourth-order valence-electron chi connectivity index (χ4n) is 1.32. The van der Waals surface area contributed by atoms with Gasteiger partial charge in [0.2, 0.25) is 5.78 Å². The van der Waals surface area contributed by atoms with E-state index < -0.39 is 47.8 Å². The van der Waals surface area contributed by atoms with Crippen LogP contribution in [-0.2, 0) is 28.8 Å². The number of hydrogen-bond donors (Lipinski definition) is 8. The Morgan fingerprint density at radius 3 is 1.40 bits per heavy atom. The Labute approximate surface area is 170 Å². The van der Waals surface area contributed by atoms with Crippen LogP contribution in [0.1, 0.15) is 39.5 Å². The van der Waals surface area contributed by atoms with Crippen LogP contribution in [-0.4, -0.2) is 96.2 Å². The van der Waals surface area contributed by atoms with Crippen LogP contribution in [0, 0.1) is 0 Å². The Morgan fingerprint density at radius 1 is 0.900 bits per heavy atom. The second-order valence-corrected chi connectivity index (χ2v) is 5.66. The van der Waals surface area contributed by atoms with Gasteiger partial charge in [-0.25, -0.2) is 9.59 Å². The molecule has 30 heavy (non-hydrogen) atoms. The van der Waals surface area contributed by atoms with Gasteiger partial charge in [0.1, 0.15) is 6.04 Å². The van der Waals surface area contributed by atoms with Crippen molar-refractivity contribution in [3.05, 3.63) is 0 Å². The molecule has 14 heteroatoms. The second kappa shape index (κ2) is 18.0. The van der Waals surface area contributed by atoms with Gasteiger partial charge in [-0.05, 0) is 26.3 Å². The van der Waals surface area contributed by atoms with Crippen LogP contribution in [0.2, 0.25) is 0 Å². The Bertz CT molecular complexity index is 544. The van der Waals surface area contributed by atoms with Crippen molar-refractivity contribution in [3.63, 3.8) is 0 Å². The number of carboxylic acids is 5. The molecule has 0 aliphatic carbocycles. The van der Waals surface area contributed by atoms with Crippen LogP contribution in [0.4, 0.5) is 0 Å². The molecular weight excluding hydrogens is 414 g/mol. The molecule has 0 aromatic heterocycles. The van der Waals surface area contributed by atoms with Gasteiger partial charge in [-0.2, -0.15) is 0 Å². The Balaban J connectivity index is -0.000000326. The summed E-state index contributed by atoms with van der Waals surface area (Å²) in [5.74, 6) is -6.48. The van der Waals surface area contributed by atoms with Crippen molar-refractivity contribution in [2.24, 2.45) is 0 Å². The third kappa shape index (κ3) is 22.9. The molecule has 0 amide bonds. The van der Waals surface area contributed by atoms with Gasteiger partial charge in [0.25, 0.3) is 0 Å². The number of carbonyl (C=O) groups excluding carboxylic acids is 1. The topological polar surface area (TPSA) is 256 Å². The summed E-state index contributed by atoms with van der Waals surface area (Å²) in [5, 5.41) is 59.3. The Kier molecular flexibility index (Phi) is 18.9. The molecule has 0 saturated carbocycles. The fraction of sp³-hybridized carbons (Fsp3) is 0.625. The number of aliphatic hydroxyl groups excluding tert-OH is 2. The molecule has 3 unspecified atom stereocenters. The fourth-order valence-corrected chi connectivity index (χ4v) is 1.32. The lowest BCUT2D eigenvalue weighted by atomic mass is 10.2. The van der Waals surface area contributed by atoms with Crippen LogP contribution in [0.3, 0.4) is 0 Å². The molecule has 1 saturated heterocycles. The summed E-state index contributed by atoms with van der Waals surface area (Å²) in [7, 11) is 0. The van der Waals surface area contributed by atoms with E-state index in [0.717, 1.165) is 26.3 Å². The van der Waals surface area contributed by atoms with Crippen molar-refractivity contribution in [1.82, 2.24) is 5.32 Å². The molecule has 174 valence electrons. The second-order valence-electron chi connectivity index (χ2n) is 5.66. The van der Waals surface area contributed by atoms with Crippen LogP contribution < -0.4 is 5.32 Å². The molecule has 1 fully saturated rings. The highest BCUT2D eigenvalue weighted by Gasteiger charge is 2.20. The highest BCUT2D eigenvalue weighted by Crippen LogP contribution is 2.03. The molecule has 1 rings (SSSR count). The summed E-state index contributed by atoms with van der Waals surface area (Å²) in [6.45, 7) is 3.07. The van der Waals surface area contributed by atoms with Crippen molar-refractivity contribution >= 4 is 35.6 Å². The molecule has 14 nitrogen and oxygen atoms in total. The lowest BCUT2D eigenvalue weighted by Gasteiger charge is -2.05. The molecule has 1 heterocycles. The summed E-state index contributed by atoms with van der Waals surface area (Å²) >= 11 is 0. The number of Topliss-reactive ketones (excluding diaryl/α,β-unsaturated/α-hetero) is 1. The maximum Gasteiger partial charge on any atom is 0.371 e. The summed E-state index contributed by atoms with van der Waals surface area (Å²) < 4.78 is 0. The summed E-state index contributed by atoms with van der Waals surface area (Å²) in [6, 6.07) is -0.269. The zero-order valence-electron chi connectivity index (χ0n) is 16.3. The van der Waals surface area contributed by atoms with Gasteiger partial charge in [0.15, 0.2) is 6.10 Å². The van der Waals surface area contributed by atoms with Crippen LogP contribution in [0.25, 0.3) is 0 Å². The summed E-state index contributed by atoms with van der Waals surface area (Å²) in [4.78, 5) is 58.0. The number of aliphatic carboxylic acids is 5. The van der Waals surface area contributed by atoms with Gasteiger partial charge in [-0.1, -0.05) is 0 Å². The van der Waals surface area contributed by atoms with Gasteiger partial charge in [-0.15, -0.1) is 0 Å². The molecule has 0 bridgehead atoms. The molecule has 0 aromatic carbocycles. The monoisotopic (exact) mass is 441 g/mol. The van der Waals surface area contributed by atoms with Crippen LogP contribution >= 0.6 is 0 Å². The van der Waals surface area contributed by atoms with E-state index in [1.54, 1.807) is 0 Å². The first kappa shape index (κ1) is 31.6. The first-order chi connectivity index (χ1) is 13.6. The molecule has 0 radical (unpaired) electrons. The zero-order valence-corrected chi connectivity index (χ0v) is 16.3. The van der Waals surface area contributed by atoms with Crippen LogP contribution in [0.5, 0.6) is 0 Å². The molecule has 1 aliphatic heterocycles. The lowest BCUT2D eigenvalue weighted by molar-refractivity contribution is -0.152. The first-order valence-electron chi connectivity index (χ1n) is 8.35. The van der Waals surface area contributed by atoms with E-state index in [-0.39, 0.29) is 18.9 Å². The standard InChI is InChI=1S/C5H9NO2.C4H8O4.C4H6O4.C3H4O3/c7-5(8)4-2-1-3-6-4;1-2(5)3(6)4(7)8;5-3(6)1-2-4(7)8;1-2(4)3(5)6/h4,6H,1-3H2,(H,7,8);2-3,5-6H,1H3,(H,7,8);1-2H2,(H,5,6)(H,7,8);1H3,(H,5,6). The summed E-state index contributed by atoms with van der Waals surface area (Å²) in [5.41, 5.74) is 0. The van der Waals surface area contributed by atoms with Crippen molar-refractivity contribution < 1.29 is 64.5 Å². The number of nitrogens with one attached hydrogen (secondary N) is 1. The zero-order chi connectivity index (χ0) is 24.4. The average molecular weight is 441 g/mol. The highest BCUT2D eigenvalue weighted by molar-refractivity contribution is 6.31. The minimum absolute atomic E-state index is 0.269. The first-order valence-corrected chi connectivity index (χ1v) is 8.35. The summed E-state index contributed by atoms with van der Waals surface area (Å²) in [6.07, 6.45) is -1.67. The number of carbonyl (C=O) groups is 6. The number of aliphatic hydroxyl groups is 2. The van der Waals surface area contributed by atoms with Crippen molar-refractivity contribution in [1.29, 1.82) is 0 Å². The van der Waals surface area contributed by atoms with E-state index >= 15 is 0 Å². The van der Waals surface area contributed by atoms with Crippen LogP contribution in [0.15, 0.2) is 0 Å². The number of rotatable bonds is 7. The van der Waals surface area contributed by atoms with Gasteiger partial charge in [0.05, 0.1) is 18.9 Å². The van der Waals surface area contributed by atoms with Gasteiger partial charge >= 0.3 is 29.8 Å². The van der Waals surface area contributed by atoms with Crippen molar-refractivity contribution in [2.75, 3.05) is 6.54 Å². The highest BCUT2D eigenvalue weighted by atomic mass is 16.4. The molecular formula is C16H27NO13. The lowest BCUT2D eigenvalue weighted by Crippen LogP contribution is -2.30. The van der Waals surface area contributed by atoms with E-state index in [2.05, 4.69) is 5.32 Å². The van der Waals surface area contributed by atoms with E-state index in [1.807, 2.05) is 0 Å². The minimum atomic E-state index is -1.66. The Morgan fingerprint density at radius 2 is 1.30 bits per heavy atom. The van der Waals surface area contributed by atoms with Crippen molar-refractivity contribution in [2.45, 2.75) is 57.8 Å². The van der Waals surface area contributed by atoms with E-state index in [4.69, 9.17) is 35.7 Å². The van der Waals surface area contributed by atoms with E-state index in [1.165, 1.54) is 6.92 Å². The van der Waals surface area contributed by atoms with Crippen molar-refractivity contribution in [3.8, 4) is 0 Å². The quantitative estimate of drug-likeness (QED) is 0.203. The molecule has 0 aromatic rings. The SMILES string of the molecule is CC(=O)C(=O)O.CC(O)C(O)C(=O)O.O=C(O)C1CCCN1.O=C(O)CCC(=O)O. The van der Waals surface area contributed by atoms with Gasteiger partial charge in [0, 0.05) is 6.92 Å². The Hall–Kier alpha value is -3.10. The third-order valence-electron chi connectivity index (χ3n) is 2.92. The smallest absolute Gasteiger partial charge is 0.371 e. The molecule has 1 aliphatic rings. The van der Waals surface area contributed by atoms with Gasteiger partial charge in [-0.3, -0.25) is 19.2 Å². The normalized spacial score (nSPS) is 15.9. The molecule has 8 N–H and O–H groups in total. The number of carboxylic acid groups (broad SMARTS) is 5. The molecule has 0 spiro atoms.